The van der Waals surface area contributed by atoms with Gasteiger partial charge in [-0.15, -0.1) is 0 Å². The molecule has 0 spiro atoms. The third-order valence-electron chi connectivity index (χ3n) is 4.10. The number of hydrogen-bond acceptors (Lipinski definition) is 11. The van der Waals surface area contributed by atoms with Gasteiger partial charge >= 0.3 is 11.9 Å². The molecule has 14 nitrogen and oxygen atoms in total. The maximum Gasteiger partial charge on any atom is 0.335 e. The number of aliphatic hydroxyl groups excluding tert-OH is 8. The number of rotatable bonds is 9. The largest absolute Gasteiger partial charge is 0.479 e. The quantitative estimate of drug-likeness (QED) is 0.174. The van der Waals surface area contributed by atoms with Crippen molar-refractivity contribution < 1.29 is 60.7 Å². The monoisotopic (exact) mass is 448 g/mol. The number of carbonyl (C=O) groups is 2. The zero-order chi connectivity index (χ0) is 23.9. The number of imidazole rings is 1. The van der Waals surface area contributed by atoms with Crippen molar-refractivity contribution in [1.82, 2.24) is 9.97 Å². The minimum absolute atomic E-state index is 0.0217. The Labute approximate surface area is 173 Å². The molecule has 2 aromatic rings. The summed E-state index contributed by atoms with van der Waals surface area (Å²) in [5, 5.41) is 89.6. The Morgan fingerprint density at radius 3 is 1.81 bits per heavy atom. The minimum Gasteiger partial charge on any atom is -0.479 e. The van der Waals surface area contributed by atoms with Gasteiger partial charge < -0.3 is 56.0 Å². The van der Waals surface area contributed by atoms with E-state index in [9.17, 15) is 35.1 Å². The summed E-state index contributed by atoms with van der Waals surface area (Å²) in [6.07, 6.45) is -13.2. The lowest BCUT2D eigenvalue weighted by Crippen LogP contribution is -2.47. The van der Waals surface area contributed by atoms with Crippen molar-refractivity contribution in [3.05, 3.63) is 30.1 Å². The molecule has 2 rings (SSSR count). The Kier molecular flexibility index (Phi) is 9.89. The second-order valence-corrected chi connectivity index (χ2v) is 6.37. The summed E-state index contributed by atoms with van der Waals surface area (Å²) in [5.74, 6) is -3.52. The van der Waals surface area contributed by atoms with Crippen molar-refractivity contribution in [2.24, 2.45) is 0 Å². The third-order valence-corrected chi connectivity index (χ3v) is 4.10. The molecule has 0 amide bonds. The van der Waals surface area contributed by atoms with E-state index < -0.39 is 61.3 Å². The molecule has 1 aromatic heterocycles. The summed E-state index contributed by atoms with van der Waals surface area (Å²) in [5.41, 5.74) is 1.22. The number of H-pyrrole nitrogens is 1. The fourth-order valence-corrected chi connectivity index (χ4v) is 2.27. The molecule has 1 aromatic carbocycles. The fourth-order valence-electron chi connectivity index (χ4n) is 2.27. The maximum absolute atomic E-state index is 10.0. The van der Waals surface area contributed by atoms with Crippen LogP contribution in [0.3, 0.4) is 0 Å². The zero-order valence-electron chi connectivity index (χ0n) is 15.8. The number of aromatic nitrogens is 2. The Balaban J connectivity index is 0.000000407. The third kappa shape index (κ3) is 6.91. The Morgan fingerprint density at radius 2 is 1.35 bits per heavy atom. The highest BCUT2D eigenvalue weighted by Crippen LogP contribution is 2.21. The van der Waals surface area contributed by atoms with Gasteiger partial charge in [0.15, 0.2) is 12.2 Å². The minimum atomic E-state index is -2.27. The van der Waals surface area contributed by atoms with Gasteiger partial charge in [-0.25, -0.2) is 14.6 Å². The van der Waals surface area contributed by atoms with E-state index in [2.05, 4.69) is 9.97 Å². The van der Waals surface area contributed by atoms with E-state index in [0.29, 0.717) is 11.0 Å². The van der Waals surface area contributed by atoms with E-state index in [1.54, 1.807) is 24.3 Å². The molecule has 0 aliphatic heterocycles. The average molecular weight is 448 g/mol. The van der Waals surface area contributed by atoms with Crippen LogP contribution in [-0.2, 0) is 9.59 Å². The smallest absolute Gasteiger partial charge is 0.335 e. The van der Waals surface area contributed by atoms with E-state index in [1.165, 1.54) is 0 Å². The summed E-state index contributed by atoms with van der Waals surface area (Å²) >= 11 is 0. The Hall–Kier alpha value is -2.69. The fraction of sp³-hybridized carbons (Fsp3) is 0.471. The molecule has 0 radical (unpaired) electrons. The first-order chi connectivity index (χ1) is 14.4. The summed E-state index contributed by atoms with van der Waals surface area (Å²) in [7, 11) is 0. The van der Waals surface area contributed by atoms with Gasteiger partial charge in [-0.2, -0.15) is 0 Å². The normalized spacial score (nSPS) is 18.1. The van der Waals surface area contributed by atoms with E-state index in [1.807, 2.05) is 0 Å². The number of carboxylic acids is 2. The summed E-state index contributed by atoms with van der Waals surface area (Å²) < 4.78 is 0. The molecule has 0 aliphatic rings. The summed E-state index contributed by atoms with van der Waals surface area (Å²) in [6.45, 7) is -0.786. The van der Waals surface area contributed by atoms with Gasteiger partial charge in [0.1, 0.15) is 36.3 Å². The van der Waals surface area contributed by atoms with Gasteiger partial charge in [-0.1, -0.05) is 12.1 Å². The number of aromatic amines is 1. The molecule has 0 fully saturated rings. The standard InChI is InChI=1S/C13H18N2O6.C4H6O6/c16-5-8(17)9(18)10(19)11(20)12(21)13-14-6-3-1-2-4-7(6)15-13;5-1(3(7)8)2(6)4(9)10/h1-4,8-12,16-21H,5H2,(H,14,15);1-2,5-6H,(H,7,8)(H,9,10). The molecular weight excluding hydrogens is 424 g/mol. The predicted molar refractivity (Wildman–Crippen MR) is 99.5 cm³/mol. The van der Waals surface area contributed by atoms with Crippen LogP contribution in [0.25, 0.3) is 11.0 Å². The van der Waals surface area contributed by atoms with Gasteiger partial charge in [0.25, 0.3) is 0 Å². The van der Waals surface area contributed by atoms with Crippen LogP contribution in [0, 0.1) is 0 Å². The molecule has 0 saturated carbocycles. The molecule has 0 saturated heterocycles. The molecule has 14 heteroatoms. The molecule has 7 unspecified atom stereocenters. The van der Waals surface area contributed by atoms with Crippen LogP contribution in [0.4, 0.5) is 0 Å². The van der Waals surface area contributed by atoms with E-state index >= 15 is 0 Å². The lowest BCUT2D eigenvalue weighted by atomic mass is 9.99. The number of nitrogens with zero attached hydrogens (tertiary/aromatic N) is 1. The molecular formula is C17H24N2O12. The van der Waals surface area contributed by atoms with E-state index in [4.69, 9.17) is 25.5 Å². The Morgan fingerprint density at radius 1 is 0.839 bits per heavy atom. The first-order valence-corrected chi connectivity index (χ1v) is 8.69. The highest BCUT2D eigenvalue weighted by Gasteiger charge is 2.35. The van der Waals surface area contributed by atoms with Crippen molar-refractivity contribution in [3.63, 3.8) is 0 Å². The van der Waals surface area contributed by atoms with Crippen molar-refractivity contribution in [3.8, 4) is 0 Å². The van der Waals surface area contributed by atoms with Gasteiger partial charge in [0.2, 0.25) is 0 Å². The maximum atomic E-state index is 10.0. The molecule has 0 aliphatic carbocycles. The number of nitrogens with one attached hydrogen (secondary N) is 1. The van der Waals surface area contributed by atoms with Crippen LogP contribution in [0.1, 0.15) is 11.9 Å². The first-order valence-electron chi connectivity index (χ1n) is 8.69. The molecule has 31 heavy (non-hydrogen) atoms. The van der Waals surface area contributed by atoms with Crippen molar-refractivity contribution >= 4 is 23.0 Å². The first kappa shape index (κ1) is 26.3. The van der Waals surface area contributed by atoms with Crippen LogP contribution in [0.5, 0.6) is 0 Å². The number of hydrogen-bond donors (Lipinski definition) is 11. The van der Waals surface area contributed by atoms with E-state index in [-0.39, 0.29) is 5.82 Å². The Bertz CT molecular complexity index is 808. The second kappa shape index (κ2) is 11.6. The number of carboxylic acid groups (broad SMARTS) is 2. The highest BCUT2D eigenvalue weighted by molar-refractivity contribution is 5.83. The lowest BCUT2D eigenvalue weighted by Gasteiger charge is -2.27. The number of aliphatic hydroxyl groups is 8. The second-order valence-electron chi connectivity index (χ2n) is 6.37. The highest BCUT2D eigenvalue weighted by atomic mass is 16.4. The van der Waals surface area contributed by atoms with Crippen LogP contribution < -0.4 is 0 Å². The van der Waals surface area contributed by atoms with Gasteiger partial charge in [0.05, 0.1) is 17.6 Å². The molecule has 7 atom stereocenters. The van der Waals surface area contributed by atoms with Crippen molar-refractivity contribution in [2.75, 3.05) is 6.61 Å². The average Bonchev–Trinajstić information content (AvgIpc) is 3.19. The molecule has 174 valence electrons. The molecule has 11 N–H and O–H groups in total. The SMILES string of the molecule is O=C(O)C(O)C(O)C(=O)O.OCC(O)C(O)C(O)C(O)C(O)c1nc2ccccc2[nH]1. The summed E-state index contributed by atoms with van der Waals surface area (Å²) in [4.78, 5) is 26.4. The van der Waals surface area contributed by atoms with Crippen LogP contribution >= 0.6 is 0 Å². The van der Waals surface area contributed by atoms with Gasteiger partial charge in [-0.05, 0) is 12.1 Å². The van der Waals surface area contributed by atoms with Crippen molar-refractivity contribution in [2.45, 2.75) is 42.7 Å². The van der Waals surface area contributed by atoms with Crippen LogP contribution in [0.2, 0.25) is 0 Å². The zero-order valence-corrected chi connectivity index (χ0v) is 15.8. The molecule has 1 heterocycles. The number of para-hydroxylation sites is 2. The van der Waals surface area contributed by atoms with Gasteiger partial charge in [-0.3, -0.25) is 0 Å². The topological polar surface area (TPSA) is 265 Å². The van der Waals surface area contributed by atoms with Crippen molar-refractivity contribution in [1.29, 1.82) is 0 Å². The number of fused-ring (bicyclic) bond motifs is 1. The summed E-state index contributed by atoms with van der Waals surface area (Å²) in [6, 6.07) is 6.95. The predicted octanol–water partition coefficient (Wildman–Crippen LogP) is -4.09. The molecule has 0 bridgehead atoms. The number of aliphatic carboxylic acids is 2. The number of benzene rings is 1. The van der Waals surface area contributed by atoms with Gasteiger partial charge in [0, 0.05) is 0 Å². The van der Waals surface area contributed by atoms with Crippen LogP contribution in [0.15, 0.2) is 24.3 Å². The van der Waals surface area contributed by atoms with E-state index in [0.717, 1.165) is 0 Å². The van der Waals surface area contributed by atoms with Crippen LogP contribution in [-0.4, -0.2) is 116 Å². The lowest BCUT2D eigenvalue weighted by molar-refractivity contribution is -0.165.